The van der Waals surface area contributed by atoms with Gasteiger partial charge in [0, 0.05) is 13.3 Å². The first-order valence-electron chi connectivity index (χ1n) is 6.75. The van der Waals surface area contributed by atoms with E-state index < -0.39 is 0 Å². The Bertz CT molecular complexity index is 415. The van der Waals surface area contributed by atoms with E-state index in [0.29, 0.717) is 51.9 Å². The lowest BCUT2D eigenvalue weighted by Gasteiger charge is -2.07. The molecule has 3 N–H and O–H groups in total. The molecular formula is C14H23N3O4. The van der Waals surface area contributed by atoms with Crippen LogP contribution >= 0.6 is 0 Å². The van der Waals surface area contributed by atoms with Gasteiger partial charge >= 0.3 is 0 Å². The van der Waals surface area contributed by atoms with Crippen LogP contribution in [-0.4, -0.2) is 57.6 Å². The topological polar surface area (TPSA) is 99.7 Å². The summed E-state index contributed by atoms with van der Waals surface area (Å²) in [6.07, 6.45) is 1.61. The van der Waals surface area contributed by atoms with Crippen LogP contribution in [-0.2, 0) is 25.6 Å². The Morgan fingerprint density at radius 2 is 1.71 bits per heavy atom. The van der Waals surface area contributed by atoms with Crippen molar-refractivity contribution in [1.29, 1.82) is 5.41 Å². The van der Waals surface area contributed by atoms with Gasteiger partial charge in [-0.3, -0.25) is 10.4 Å². The van der Waals surface area contributed by atoms with Gasteiger partial charge in [-0.25, -0.2) is 0 Å². The number of methoxy groups -OCH3 is 1. The molecule has 7 nitrogen and oxygen atoms in total. The second kappa shape index (κ2) is 11.2. The van der Waals surface area contributed by atoms with Crippen LogP contribution in [0.2, 0.25) is 0 Å². The van der Waals surface area contributed by atoms with Crippen LogP contribution < -0.4 is 5.73 Å². The maximum Gasteiger partial charge on any atom is 0.141 e. The number of pyridine rings is 1. The van der Waals surface area contributed by atoms with E-state index >= 15 is 0 Å². The Kier molecular flexibility index (Phi) is 9.30. The second-order valence-electron chi connectivity index (χ2n) is 4.23. The fourth-order valence-electron chi connectivity index (χ4n) is 1.48. The highest BCUT2D eigenvalue weighted by Gasteiger charge is 2.00. The Morgan fingerprint density at radius 3 is 2.33 bits per heavy atom. The van der Waals surface area contributed by atoms with Crippen LogP contribution in [0.3, 0.4) is 0 Å². The smallest absolute Gasteiger partial charge is 0.141 e. The second-order valence-corrected chi connectivity index (χ2v) is 4.23. The van der Waals surface area contributed by atoms with Crippen molar-refractivity contribution >= 4 is 5.84 Å². The molecule has 7 heteroatoms. The molecule has 0 radical (unpaired) electrons. The predicted octanol–water partition coefficient (Wildman–Crippen LogP) is 0.562. The molecule has 0 aliphatic carbocycles. The van der Waals surface area contributed by atoms with Crippen LogP contribution in [0.5, 0.6) is 0 Å². The van der Waals surface area contributed by atoms with Crippen molar-refractivity contribution in [2.45, 2.75) is 6.61 Å². The third kappa shape index (κ3) is 8.36. The molecule has 0 saturated heterocycles. The number of aromatic nitrogens is 1. The Hall–Kier alpha value is -1.54. The van der Waals surface area contributed by atoms with Gasteiger partial charge in [0.25, 0.3) is 0 Å². The van der Waals surface area contributed by atoms with Crippen LogP contribution in [0, 0.1) is 5.41 Å². The van der Waals surface area contributed by atoms with Gasteiger partial charge < -0.3 is 24.7 Å². The molecule has 1 rings (SSSR count). The van der Waals surface area contributed by atoms with Crippen molar-refractivity contribution in [2.24, 2.45) is 5.73 Å². The molecule has 1 heterocycles. The minimum atomic E-state index is -0.0475. The summed E-state index contributed by atoms with van der Waals surface area (Å²) in [6.45, 7) is 3.71. The summed E-state index contributed by atoms with van der Waals surface area (Å²) in [5, 5.41) is 7.32. The number of hydrogen-bond donors (Lipinski definition) is 2. The quantitative estimate of drug-likeness (QED) is 0.332. The van der Waals surface area contributed by atoms with Crippen molar-refractivity contribution in [3.63, 3.8) is 0 Å². The SMILES string of the molecule is COCCOCCOCCOCc1ccnc(C(=N)N)c1. The molecule has 0 amide bonds. The first kappa shape index (κ1) is 17.5. The molecule has 0 saturated carbocycles. The average molecular weight is 297 g/mol. The summed E-state index contributed by atoms with van der Waals surface area (Å²) >= 11 is 0. The molecule has 0 spiro atoms. The van der Waals surface area contributed by atoms with E-state index in [1.807, 2.05) is 6.07 Å². The predicted molar refractivity (Wildman–Crippen MR) is 78.4 cm³/mol. The fraction of sp³-hybridized carbons (Fsp3) is 0.571. The maximum atomic E-state index is 7.32. The van der Waals surface area contributed by atoms with Gasteiger partial charge in [0.15, 0.2) is 0 Å². The van der Waals surface area contributed by atoms with Gasteiger partial charge in [-0.15, -0.1) is 0 Å². The summed E-state index contributed by atoms with van der Waals surface area (Å²) in [4.78, 5) is 3.99. The van der Waals surface area contributed by atoms with Gasteiger partial charge in [0.2, 0.25) is 0 Å². The standard InChI is InChI=1S/C14H23N3O4/c1-18-4-5-19-6-7-20-8-9-21-11-12-2-3-17-13(10-12)14(15)16/h2-3,10H,4-9,11H2,1H3,(H3,15,16). The van der Waals surface area contributed by atoms with E-state index in [4.69, 9.17) is 30.1 Å². The summed E-state index contributed by atoms with van der Waals surface area (Å²) in [5.74, 6) is -0.0475. The highest BCUT2D eigenvalue weighted by molar-refractivity contribution is 5.93. The molecular weight excluding hydrogens is 274 g/mol. The zero-order valence-corrected chi connectivity index (χ0v) is 12.3. The van der Waals surface area contributed by atoms with Crippen molar-refractivity contribution in [3.8, 4) is 0 Å². The summed E-state index contributed by atoms with van der Waals surface area (Å²) < 4.78 is 20.9. The van der Waals surface area contributed by atoms with Crippen molar-refractivity contribution in [3.05, 3.63) is 29.6 Å². The molecule has 0 aliphatic rings. The third-order valence-corrected chi connectivity index (χ3v) is 2.54. The largest absolute Gasteiger partial charge is 0.382 e. The minimum absolute atomic E-state index is 0.0475. The highest BCUT2D eigenvalue weighted by Crippen LogP contribution is 2.03. The normalized spacial score (nSPS) is 10.7. The number of hydrogen-bond acceptors (Lipinski definition) is 6. The zero-order valence-electron chi connectivity index (χ0n) is 12.3. The van der Waals surface area contributed by atoms with Gasteiger partial charge in [0.05, 0.1) is 46.2 Å². The molecule has 0 aliphatic heterocycles. The molecule has 0 bridgehead atoms. The summed E-state index contributed by atoms with van der Waals surface area (Å²) in [7, 11) is 1.64. The van der Waals surface area contributed by atoms with Crippen LogP contribution in [0.4, 0.5) is 0 Å². The van der Waals surface area contributed by atoms with Crippen LogP contribution in [0.15, 0.2) is 18.3 Å². The molecule has 0 unspecified atom stereocenters. The van der Waals surface area contributed by atoms with E-state index in [-0.39, 0.29) is 5.84 Å². The number of nitrogens with two attached hydrogens (primary N) is 1. The number of ether oxygens (including phenoxy) is 4. The minimum Gasteiger partial charge on any atom is -0.382 e. The van der Waals surface area contributed by atoms with E-state index in [2.05, 4.69) is 4.98 Å². The third-order valence-electron chi connectivity index (χ3n) is 2.54. The van der Waals surface area contributed by atoms with Gasteiger partial charge in [-0.05, 0) is 17.7 Å². The molecule has 0 fully saturated rings. The lowest BCUT2D eigenvalue weighted by Crippen LogP contribution is -2.13. The first-order valence-corrected chi connectivity index (χ1v) is 6.75. The van der Waals surface area contributed by atoms with Crippen LogP contribution in [0.25, 0.3) is 0 Å². The molecule has 1 aromatic rings. The van der Waals surface area contributed by atoms with Crippen molar-refractivity contribution in [2.75, 3.05) is 46.8 Å². The summed E-state index contributed by atoms with van der Waals surface area (Å²) in [6, 6.07) is 3.57. The number of amidine groups is 1. The Morgan fingerprint density at radius 1 is 1.10 bits per heavy atom. The average Bonchev–Trinajstić information content (AvgIpc) is 2.49. The Balaban J connectivity index is 2.01. The molecule has 21 heavy (non-hydrogen) atoms. The first-order chi connectivity index (χ1) is 10.2. The monoisotopic (exact) mass is 297 g/mol. The Labute approximate surface area is 124 Å². The van der Waals surface area contributed by atoms with Gasteiger partial charge in [-0.1, -0.05) is 0 Å². The van der Waals surface area contributed by atoms with E-state index in [1.165, 1.54) is 0 Å². The number of rotatable bonds is 12. The maximum absolute atomic E-state index is 7.32. The van der Waals surface area contributed by atoms with Crippen LogP contribution in [0.1, 0.15) is 11.3 Å². The summed E-state index contributed by atoms with van der Waals surface area (Å²) in [5.41, 5.74) is 6.76. The molecule has 0 aromatic carbocycles. The lowest BCUT2D eigenvalue weighted by atomic mass is 10.2. The van der Waals surface area contributed by atoms with Gasteiger partial charge in [0.1, 0.15) is 11.5 Å². The fourth-order valence-corrected chi connectivity index (χ4v) is 1.48. The number of nitrogen functional groups attached to an aromatic ring is 1. The number of nitrogens with one attached hydrogen (secondary N) is 1. The van der Waals surface area contributed by atoms with E-state index in [1.54, 1.807) is 19.4 Å². The molecule has 0 atom stereocenters. The van der Waals surface area contributed by atoms with Crippen molar-refractivity contribution in [1.82, 2.24) is 4.98 Å². The van der Waals surface area contributed by atoms with Gasteiger partial charge in [-0.2, -0.15) is 0 Å². The zero-order chi connectivity index (χ0) is 15.3. The van der Waals surface area contributed by atoms with E-state index in [9.17, 15) is 0 Å². The lowest BCUT2D eigenvalue weighted by molar-refractivity contribution is 0.000860. The van der Waals surface area contributed by atoms with Crippen molar-refractivity contribution < 1.29 is 18.9 Å². The molecule has 118 valence electrons. The molecule has 1 aromatic heterocycles. The number of nitrogens with zero attached hydrogens (tertiary/aromatic N) is 1. The van der Waals surface area contributed by atoms with E-state index in [0.717, 1.165) is 5.56 Å². The highest BCUT2D eigenvalue weighted by atomic mass is 16.6.